The summed E-state index contributed by atoms with van der Waals surface area (Å²) in [5.74, 6) is -0.862. The predicted octanol–water partition coefficient (Wildman–Crippen LogP) is 0.131. The van der Waals surface area contributed by atoms with Gasteiger partial charge >= 0.3 is 5.97 Å². The molecular weight excluding hydrogens is 244 g/mol. The van der Waals surface area contributed by atoms with Crippen LogP contribution < -0.4 is 22.9 Å². The van der Waals surface area contributed by atoms with Crippen LogP contribution in [0.3, 0.4) is 0 Å². The van der Waals surface area contributed by atoms with Gasteiger partial charge in [0.25, 0.3) is 0 Å². The first-order valence-corrected chi connectivity index (χ1v) is 7.05. The molecule has 4 unspecified atom stereocenters. The maximum atomic E-state index is 10.5. The Kier molecular flexibility index (Phi) is 9.77. The molecule has 0 saturated carbocycles. The van der Waals surface area contributed by atoms with E-state index in [9.17, 15) is 4.79 Å². The van der Waals surface area contributed by atoms with Gasteiger partial charge < -0.3 is 28.0 Å². The van der Waals surface area contributed by atoms with Crippen LogP contribution in [0.5, 0.6) is 0 Å². The minimum atomic E-state index is -0.862. The number of carboxylic acid groups (broad SMARTS) is 1. The molecule has 0 radical (unpaired) electrons. The second-order valence-electron chi connectivity index (χ2n) is 5.59. The Morgan fingerprint density at radius 2 is 1.21 bits per heavy atom. The van der Waals surface area contributed by atoms with E-state index in [1.807, 2.05) is 6.92 Å². The Morgan fingerprint density at radius 1 is 0.842 bits per heavy atom. The molecule has 0 rings (SSSR count). The normalized spacial score (nSPS) is 17.7. The van der Waals surface area contributed by atoms with Crippen molar-refractivity contribution in [2.24, 2.45) is 22.9 Å². The van der Waals surface area contributed by atoms with E-state index in [0.717, 1.165) is 32.1 Å². The van der Waals surface area contributed by atoms with Crippen LogP contribution >= 0.6 is 0 Å². The van der Waals surface area contributed by atoms with Gasteiger partial charge in [-0.25, -0.2) is 0 Å². The lowest BCUT2D eigenvalue weighted by Gasteiger charge is -2.17. The van der Waals surface area contributed by atoms with Crippen molar-refractivity contribution in [3.63, 3.8) is 0 Å². The van der Waals surface area contributed by atoms with Crippen LogP contribution in [0.25, 0.3) is 0 Å². The summed E-state index contributed by atoms with van der Waals surface area (Å²) in [4.78, 5) is 10.5. The van der Waals surface area contributed by atoms with E-state index in [1.165, 1.54) is 0 Å². The largest absolute Gasteiger partial charge is 0.481 e. The number of rotatable bonds is 11. The van der Waals surface area contributed by atoms with Crippen molar-refractivity contribution in [1.29, 1.82) is 0 Å². The minimum Gasteiger partial charge on any atom is -0.481 e. The van der Waals surface area contributed by atoms with Crippen molar-refractivity contribution >= 4 is 5.97 Å². The fourth-order valence-corrected chi connectivity index (χ4v) is 1.95. The molecular formula is C13H30N4O2. The smallest absolute Gasteiger partial charge is 0.304 e. The monoisotopic (exact) mass is 274 g/mol. The molecule has 0 aromatic heterocycles. The second kappa shape index (κ2) is 10.1. The predicted molar refractivity (Wildman–Crippen MR) is 77.5 cm³/mol. The van der Waals surface area contributed by atoms with Crippen molar-refractivity contribution < 1.29 is 9.90 Å². The third kappa shape index (κ3) is 12.1. The Hall–Kier alpha value is -0.690. The number of hydrogen-bond acceptors (Lipinski definition) is 5. The van der Waals surface area contributed by atoms with Gasteiger partial charge in [-0.05, 0) is 45.4 Å². The number of carbonyl (C=O) groups is 1. The van der Waals surface area contributed by atoms with Crippen LogP contribution in [0, 0.1) is 0 Å². The van der Waals surface area contributed by atoms with Crippen LogP contribution in [0.4, 0.5) is 0 Å². The lowest BCUT2D eigenvalue weighted by Crippen LogP contribution is -2.30. The highest BCUT2D eigenvalue weighted by molar-refractivity contribution is 5.67. The fourth-order valence-electron chi connectivity index (χ4n) is 1.95. The Labute approximate surface area is 115 Å². The first-order valence-electron chi connectivity index (χ1n) is 7.05. The third-order valence-electron chi connectivity index (χ3n) is 3.25. The zero-order valence-corrected chi connectivity index (χ0v) is 11.9. The Morgan fingerprint density at radius 3 is 1.58 bits per heavy atom. The maximum absolute atomic E-state index is 10.5. The summed E-state index contributed by atoms with van der Waals surface area (Å²) in [6.07, 6.45) is 4.96. The summed E-state index contributed by atoms with van der Waals surface area (Å²) < 4.78 is 0. The van der Waals surface area contributed by atoms with Crippen molar-refractivity contribution in [2.75, 3.05) is 0 Å². The molecule has 9 N–H and O–H groups in total. The summed E-state index contributed by atoms with van der Waals surface area (Å²) in [7, 11) is 0. The molecule has 114 valence electrons. The molecule has 0 aromatic rings. The van der Waals surface area contributed by atoms with E-state index < -0.39 is 5.97 Å². The third-order valence-corrected chi connectivity index (χ3v) is 3.25. The van der Waals surface area contributed by atoms with Crippen molar-refractivity contribution in [2.45, 2.75) is 76.0 Å². The summed E-state index contributed by atoms with van der Waals surface area (Å²) in [5.41, 5.74) is 23.3. The van der Waals surface area contributed by atoms with Gasteiger partial charge in [-0.2, -0.15) is 0 Å². The standard InChI is InChI=1S/C13H30N4O2/c1-9(14)2-3-10(15)4-5-11(16)6-7-12(17)8-13(18)19/h9-12H,2-8,14-17H2,1H3,(H,18,19). The van der Waals surface area contributed by atoms with Crippen molar-refractivity contribution in [3.05, 3.63) is 0 Å². The lowest BCUT2D eigenvalue weighted by atomic mass is 9.97. The van der Waals surface area contributed by atoms with Crippen molar-refractivity contribution in [3.8, 4) is 0 Å². The van der Waals surface area contributed by atoms with E-state index >= 15 is 0 Å². The average molecular weight is 274 g/mol. The highest BCUT2D eigenvalue weighted by Gasteiger charge is 2.12. The summed E-state index contributed by atoms with van der Waals surface area (Å²) in [5, 5.41) is 8.59. The van der Waals surface area contributed by atoms with Gasteiger partial charge in [0, 0.05) is 24.2 Å². The van der Waals surface area contributed by atoms with Crippen LogP contribution in [0.1, 0.15) is 51.9 Å². The summed E-state index contributed by atoms with van der Waals surface area (Å²) >= 11 is 0. The van der Waals surface area contributed by atoms with Crippen LogP contribution in [0.2, 0.25) is 0 Å². The molecule has 0 saturated heterocycles. The van der Waals surface area contributed by atoms with E-state index in [1.54, 1.807) is 0 Å². The Balaban J connectivity index is 3.63. The molecule has 0 aliphatic rings. The van der Waals surface area contributed by atoms with E-state index in [2.05, 4.69) is 0 Å². The highest BCUT2D eigenvalue weighted by atomic mass is 16.4. The highest BCUT2D eigenvalue weighted by Crippen LogP contribution is 2.10. The van der Waals surface area contributed by atoms with Gasteiger partial charge in [0.2, 0.25) is 0 Å². The number of nitrogens with two attached hydrogens (primary N) is 4. The molecule has 19 heavy (non-hydrogen) atoms. The number of carboxylic acids is 1. The van der Waals surface area contributed by atoms with Crippen LogP contribution in [-0.4, -0.2) is 35.2 Å². The minimum absolute atomic E-state index is 0.000617. The molecule has 0 spiro atoms. The molecule has 0 amide bonds. The van der Waals surface area contributed by atoms with E-state index in [4.69, 9.17) is 28.0 Å². The SMILES string of the molecule is CC(N)CCC(N)CCC(N)CCC(N)CC(=O)O. The average Bonchev–Trinajstić information content (AvgIpc) is 2.30. The molecule has 0 aliphatic heterocycles. The van der Waals surface area contributed by atoms with E-state index in [0.29, 0.717) is 6.42 Å². The Bertz CT molecular complexity index is 249. The topological polar surface area (TPSA) is 141 Å². The fraction of sp³-hybridized carbons (Fsp3) is 0.923. The molecule has 0 bridgehead atoms. The van der Waals surface area contributed by atoms with Crippen molar-refractivity contribution in [1.82, 2.24) is 0 Å². The lowest BCUT2D eigenvalue weighted by molar-refractivity contribution is -0.137. The molecule has 6 nitrogen and oxygen atoms in total. The van der Waals surface area contributed by atoms with Gasteiger partial charge in [0.05, 0.1) is 6.42 Å². The molecule has 0 aliphatic carbocycles. The van der Waals surface area contributed by atoms with Crippen LogP contribution in [0.15, 0.2) is 0 Å². The van der Waals surface area contributed by atoms with E-state index in [-0.39, 0.29) is 30.6 Å². The van der Waals surface area contributed by atoms with Crippen LogP contribution in [-0.2, 0) is 4.79 Å². The summed E-state index contributed by atoms with van der Waals surface area (Å²) in [6, 6.07) is 0.0648. The molecule has 0 aromatic carbocycles. The van der Waals surface area contributed by atoms with Gasteiger partial charge in [0.15, 0.2) is 0 Å². The quantitative estimate of drug-likeness (QED) is 0.362. The van der Waals surface area contributed by atoms with Gasteiger partial charge in [-0.15, -0.1) is 0 Å². The summed E-state index contributed by atoms with van der Waals surface area (Å²) in [6.45, 7) is 1.97. The maximum Gasteiger partial charge on any atom is 0.304 e. The van der Waals surface area contributed by atoms with Gasteiger partial charge in [-0.3, -0.25) is 4.79 Å². The number of aliphatic carboxylic acids is 1. The van der Waals surface area contributed by atoms with Gasteiger partial charge in [-0.1, -0.05) is 0 Å². The first-order chi connectivity index (χ1) is 8.81. The van der Waals surface area contributed by atoms with Gasteiger partial charge in [0.1, 0.15) is 0 Å². The zero-order valence-electron chi connectivity index (χ0n) is 11.9. The molecule has 0 fully saturated rings. The first kappa shape index (κ1) is 18.3. The molecule has 4 atom stereocenters. The zero-order chi connectivity index (χ0) is 14.8. The molecule has 6 heteroatoms. The second-order valence-corrected chi connectivity index (χ2v) is 5.59. The number of hydrogen-bond donors (Lipinski definition) is 5. The molecule has 0 heterocycles.